The lowest BCUT2D eigenvalue weighted by atomic mass is 10.1. The number of nitrogens with zero attached hydrogens (tertiary/aromatic N) is 2. The quantitative estimate of drug-likeness (QED) is 0.576. The molecule has 0 fully saturated rings. The maximum atomic E-state index is 12.2. The van der Waals surface area contributed by atoms with E-state index in [-0.39, 0.29) is 11.8 Å². The first-order valence-corrected chi connectivity index (χ1v) is 9.37. The van der Waals surface area contributed by atoms with Crippen molar-refractivity contribution in [3.63, 3.8) is 0 Å². The van der Waals surface area contributed by atoms with Crippen LogP contribution in [0.15, 0.2) is 54.3 Å². The second kappa shape index (κ2) is 9.50. The third-order valence-corrected chi connectivity index (χ3v) is 4.28. The third-order valence-electron chi connectivity index (χ3n) is 4.28. The smallest absolute Gasteiger partial charge is 0.256 e. The summed E-state index contributed by atoms with van der Waals surface area (Å²) in [5.74, 6) is 0.392. The molecule has 4 N–H and O–H groups in total. The second-order valence-electron chi connectivity index (χ2n) is 6.57. The van der Waals surface area contributed by atoms with Crippen molar-refractivity contribution in [3.8, 4) is 0 Å². The van der Waals surface area contributed by atoms with Crippen LogP contribution < -0.4 is 21.3 Å². The van der Waals surface area contributed by atoms with Gasteiger partial charge in [0.2, 0.25) is 11.9 Å². The van der Waals surface area contributed by atoms with E-state index in [1.54, 1.807) is 19.2 Å². The Balaban J connectivity index is 1.80. The van der Waals surface area contributed by atoms with Crippen LogP contribution in [0.1, 0.15) is 30.1 Å². The van der Waals surface area contributed by atoms with Crippen molar-refractivity contribution in [1.29, 1.82) is 0 Å². The average Bonchev–Trinajstić information content (AvgIpc) is 2.72. The number of nitrogens with one attached hydrogen (secondary N) is 4. The minimum absolute atomic E-state index is 0.147. The van der Waals surface area contributed by atoms with Crippen molar-refractivity contribution in [1.82, 2.24) is 15.3 Å². The number of benzene rings is 1. The zero-order chi connectivity index (χ0) is 20.6. The fourth-order valence-corrected chi connectivity index (χ4v) is 2.88. The molecule has 2 amide bonds. The van der Waals surface area contributed by atoms with Crippen LogP contribution >= 0.6 is 0 Å². The lowest BCUT2D eigenvalue weighted by Gasteiger charge is -2.15. The van der Waals surface area contributed by atoms with Gasteiger partial charge in [0.1, 0.15) is 11.4 Å². The number of amides is 2. The molecule has 0 spiro atoms. The van der Waals surface area contributed by atoms with Crippen LogP contribution in [0.4, 0.5) is 23.1 Å². The molecule has 0 radical (unpaired) electrons. The predicted octanol–water partition coefficient (Wildman–Crippen LogP) is 3.23. The first-order chi connectivity index (χ1) is 14.0. The van der Waals surface area contributed by atoms with Crippen LogP contribution in [0.2, 0.25) is 0 Å². The van der Waals surface area contributed by atoms with Gasteiger partial charge in [0.25, 0.3) is 5.91 Å². The molecule has 2 aromatic rings. The molecular weight excluding hydrogens is 368 g/mol. The molecule has 1 aromatic heterocycles. The first-order valence-electron chi connectivity index (χ1n) is 9.37. The Morgan fingerprint density at radius 3 is 2.76 bits per heavy atom. The number of rotatable bonds is 7. The summed E-state index contributed by atoms with van der Waals surface area (Å²) in [6, 6.07) is 7.23. The van der Waals surface area contributed by atoms with E-state index in [2.05, 4.69) is 43.4 Å². The van der Waals surface area contributed by atoms with Gasteiger partial charge in [-0.2, -0.15) is 4.98 Å². The molecule has 0 bridgehead atoms. The summed E-state index contributed by atoms with van der Waals surface area (Å²) >= 11 is 0. The van der Waals surface area contributed by atoms with E-state index in [1.807, 2.05) is 18.2 Å². The van der Waals surface area contributed by atoms with E-state index in [1.165, 1.54) is 18.7 Å². The monoisotopic (exact) mass is 392 g/mol. The number of hydrogen-bond donors (Lipinski definition) is 4. The Kier molecular flexibility index (Phi) is 6.57. The molecule has 0 atom stereocenters. The highest BCUT2D eigenvalue weighted by Crippen LogP contribution is 2.21. The Bertz CT molecular complexity index is 967. The van der Waals surface area contributed by atoms with E-state index in [4.69, 9.17) is 0 Å². The number of hydrogen-bond acceptors (Lipinski definition) is 6. The Morgan fingerprint density at radius 2 is 2.03 bits per heavy atom. The molecule has 1 aliphatic rings. The Hall–Kier alpha value is -3.68. The SMILES string of the molecule is CNC(=O)c1cnc(Nc2cccc(NC(C)=O)c2)nc1NCC1=CC=CCC1. The molecule has 0 saturated carbocycles. The fourth-order valence-electron chi connectivity index (χ4n) is 2.88. The van der Waals surface area contributed by atoms with Crippen LogP contribution in [-0.2, 0) is 4.79 Å². The van der Waals surface area contributed by atoms with Gasteiger partial charge in [0.05, 0.1) is 0 Å². The van der Waals surface area contributed by atoms with Crippen LogP contribution in [0.3, 0.4) is 0 Å². The molecule has 0 aliphatic heterocycles. The summed E-state index contributed by atoms with van der Waals surface area (Å²) in [5.41, 5.74) is 3.00. The van der Waals surface area contributed by atoms with Crippen molar-refractivity contribution in [2.24, 2.45) is 0 Å². The van der Waals surface area contributed by atoms with Gasteiger partial charge in [0, 0.05) is 38.1 Å². The fraction of sp³-hybridized carbons (Fsp3) is 0.238. The van der Waals surface area contributed by atoms with Crippen LogP contribution in [0.5, 0.6) is 0 Å². The van der Waals surface area contributed by atoms with E-state index < -0.39 is 0 Å². The van der Waals surface area contributed by atoms with Gasteiger partial charge in [0.15, 0.2) is 0 Å². The lowest BCUT2D eigenvalue weighted by molar-refractivity contribution is -0.114. The van der Waals surface area contributed by atoms with Gasteiger partial charge in [-0.3, -0.25) is 9.59 Å². The van der Waals surface area contributed by atoms with Crippen molar-refractivity contribution in [3.05, 3.63) is 59.8 Å². The number of allylic oxidation sites excluding steroid dienone is 3. The van der Waals surface area contributed by atoms with Gasteiger partial charge >= 0.3 is 0 Å². The van der Waals surface area contributed by atoms with E-state index in [9.17, 15) is 9.59 Å². The Labute approximate surface area is 169 Å². The molecule has 0 saturated heterocycles. The highest BCUT2D eigenvalue weighted by molar-refractivity contribution is 5.98. The topological polar surface area (TPSA) is 108 Å². The molecule has 29 heavy (non-hydrogen) atoms. The van der Waals surface area contributed by atoms with Crippen molar-refractivity contribution < 1.29 is 9.59 Å². The summed E-state index contributed by atoms with van der Waals surface area (Å²) in [7, 11) is 1.57. The standard InChI is InChI=1S/C21H24N6O2/c1-14(28)25-16-9-6-10-17(11-16)26-21-24-13-18(20(29)22-2)19(27-21)23-12-15-7-4-3-5-8-15/h3-4,6-7,9-11,13H,5,8,12H2,1-2H3,(H,22,29)(H,25,28)(H2,23,24,26,27). The molecule has 8 nitrogen and oxygen atoms in total. The van der Waals surface area contributed by atoms with Crippen molar-refractivity contribution in [2.75, 3.05) is 29.5 Å². The first kappa shape index (κ1) is 20.1. The van der Waals surface area contributed by atoms with E-state index in [0.717, 1.165) is 18.5 Å². The zero-order valence-corrected chi connectivity index (χ0v) is 16.5. The molecule has 1 heterocycles. The van der Waals surface area contributed by atoms with Crippen LogP contribution in [-0.4, -0.2) is 35.4 Å². The highest BCUT2D eigenvalue weighted by Gasteiger charge is 2.14. The van der Waals surface area contributed by atoms with Crippen LogP contribution in [0.25, 0.3) is 0 Å². The summed E-state index contributed by atoms with van der Waals surface area (Å²) in [6.07, 6.45) is 9.71. The summed E-state index contributed by atoms with van der Waals surface area (Å²) < 4.78 is 0. The second-order valence-corrected chi connectivity index (χ2v) is 6.57. The molecule has 0 unspecified atom stereocenters. The molecular formula is C21H24N6O2. The van der Waals surface area contributed by atoms with Crippen molar-refractivity contribution >= 4 is 35.0 Å². The lowest BCUT2D eigenvalue weighted by Crippen LogP contribution is -2.21. The third kappa shape index (κ3) is 5.65. The summed E-state index contributed by atoms with van der Waals surface area (Å²) in [4.78, 5) is 32.2. The van der Waals surface area contributed by atoms with Gasteiger partial charge < -0.3 is 21.3 Å². The summed E-state index contributed by atoms with van der Waals surface area (Å²) in [6.45, 7) is 2.05. The maximum Gasteiger partial charge on any atom is 0.256 e. The zero-order valence-electron chi connectivity index (χ0n) is 16.5. The summed E-state index contributed by atoms with van der Waals surface area (Å²) in [5, 5.41) is 11.7. The minimum Gasteiger partial charge on any atom is -0.365 e. The van der Waals surface area contributed by atoms with Gasteiger partial charge in [-0.05, 0) is 31.0 Å². The predicted molar refractivity (Wildman–Crippen MR) is 114 cm³/mol. The van der Waals surface area contributed by atoms with Crippen molar-refractivity contribution in [2.45, 2.75) is 19.8 Å². The highest BCUT2D eigenvalue weighted by atomic mass is 16.2. The molecule has 1 aliphatic carbocycles. The molecule has 1 aromatic carbocycles. The number of carbonyl (C=O) groups is 2. The van der Waals surface area contributed by atoms with Crippen LogP contribution in [0, 0.1) is 0 Å². The number of aromatic nitrogens is 2. The normalized spacial score (nSPS) is 12.7. The van der Waals surface area contributed by atoms with Gasteiger partial charge in [-0.25, -0.2) is 4.98 Å². The minimum atomic E-state index is -0.260. The van der Waals surface area contributed by atoms with E-state index >= 15 is 0 Å². The molecule has 150 valence electrons. The maximum absolute atomic E-state index is 12.2. The largest absolute Gasteiger partial charge is 0.365 e. The van der Waals surface area contributed by atoms with Gasteiger partial charge in [-0.15, -0.1) is 0 Å². The molecule has 8 heteroatoms. The molecule has 3 rings (SSSR count). The number of carbonyl (C=O) groups excluding carboxylic acids is 2. The van der Waals surface area contributed by atoms with E-state index in [0.29, 0.717) is 29.6 Å². The van der Waals surface area contributed by atoms with Gasteiger partial charge in [-0.1, -0.05) is 29.9 Å². The number of anilines is 4. The Morgan fingerprint density at radius 1 is 1.21 bits per heavy atom. The average molecular weight is 392 g/mol.